The number of amides is 1. The summed E-state index contributed by atoms with van der Waals surface area (Å²) in [5, 5.41) is 20.1. The van der Waals surface area contributed by atoms with Crippen LogP contribution in [0.4, 0.5) is 0 Å². The van der Waals surface area contributed by atoms with Crippen LogP contribution in [0.2, 0.25) is 0 Å². The van der Waals surface area contributed by atoms with Crippen molar-refractivity contribution >= 4 is 11.7 Å². The van der Waals surface area contributed by atoms with Gasteiger partial charge in [0.2, 0.25) is 5.91 Å². The first-order valence-corrected chi connectivity index (χ1v) is 8.71. The van der Waals surface area contributed by atoms with E-state index in [1.54, 1.807) is 24.4 Å². The predicted octanol–water partition coefficient (Wildman–Crippen LogP) is 1.74. The molecule has 0 unspecified atom stereocenters. The van der Waals surface area contributed by atoms with Crippen LogP contribution in [0.5, 0.6) is 0 Å². The van der Waals surface area contributed by atoms with Crippen molar-refractivity contribution in [1.29, 1.82) is 5.26 Å². The molecule has 3 aromatic rings. The van der Waals surface area contributed by atoms with E-state index in [9.17, 15) is 4.79 Å². The van der Waals surface area contributed by atoms with E-state index in [1.165, 1.54) is 6.20 Å². The molecule has 9 heteroatoms. The normalized spacial score (nSPS) is 12.1. The zero-order valence-corrected chi connectivity index (χ0v) is 15.7. The van der Waals surface area contributed by atoms with Crippen LogP contribution in [-0.2, 0) is 16.1 Å². The number of carbonyl (C=O) groups is 1. The molecule has 3 N–H and O–H groups in total. The lowest BCUT2D eigenvalue weighted by Crippen LogP contribution is -2.50. The van der Waals surface area contributed by atoms with Gasteiger partial charge < -0.3 is 15.8 Å². The van der Waals surface area contributed by atoms with Crippen molar-refractivity contribution in [2.45, 2.75) is 39.5 Å². The van der Waals surface area contributed by atoms with Crippen LogP contribution >= 0.6 is 0 Å². The molecule has 1 amide bonds. The molecule has 0 saturated heterocycles. The molecule has 0 radical (unpaired) electrons. The summed E-state index contributed by atoms with van der Waals surface area (Å²) in [6.45, 7) is 3.74. The lowest BCUT2D eigenvalue weighted by molar-refractivity contribution is -0.126. The van der Waals surface area contributed by atoms with Crippen LogP contribution in [0, 0.1) is 11.3 Å². The average molecular weight is 395 g/mol. The Balaban J connectivity index is 0.00000300. The molecule has 2 heterocycles. The van der Waals surface area contributed by atoms with Crippen LogP contribution in [0.1, 0.15) is 44.3 Å². The number of benzene rings is 1. The van der Waals surface area contributed by atoms with E-state index in [2.05, 4.69) is 20.5 Å². The fourth-order valence-electron chi connectivity index (χ4n) is 2.50. The van der Waals surface area contributed by atoms with Crippen molar-refractivity contribution in [2.24, 2.45) is 5.73 Å². The molecule has 3 rings (SSSR count). The highest BCUT2D eigenvalue weighted by molar-refractivity contribution is 5.85. The van der Waals surface area contributed by atoms with E-state index < -0.39 is 11.6 Å². The average Bonchev–Trinajstić information content (AvgIpc) is 3.10. The molecule has 0 fully saturated rings. The molecule has 0 spiro atoms. The molecule has 0 saturated carbocycles. The fraction of sp³-hybridized carbons (Fsp3) is 0.350. The molecular formula is C20H25N7O2. The van der Waals surface area contributed by atoms with Crippen LogP contribution in [0.3, 0.4) is 0 Å². The molecular weight excluding hydrogens is 370 g/mol. The third-order valence-corrected chi connectivity index (χ3v) is 4.02. The van der Waals surface area contributed by atoms with Gasteiger partial charge in [-0.25, -0.2) is 4.98 Å². The Kier molecular flexibility index (Phi) is 6.98. The summed E-state index contributed by atoms with van der Waals surface area (Å²) in [6, 6.07) is 11.1. The highest BCUT2D eigenvalue weighted by Crippen LogP contribution is 2.15. The smallest absolute Gasteiger partial charge is 0.255 e. The van der Waals surface area contributed by atoms with Crippen molar-refractivity contribution < 1.29 is 9.53 Å². The largest absolute Gasteiger partial charge is 0.374 e. The van der Waals surface area contributed by atoms with Crippen LogP contribution < -0.4 is 11.1 Å². The van der Waals surface area contributed by atoms with Gasteiger partial charge in [0.25, 0.3) is 5.78 Å². The Morgan fingerprint density at radius 1 is 1.34 bits per heavy atom. The van der Waals surface area contributed by atoms with Gasteiger partial charge in [-0.1, -0.05) is 37.8 Å². The lowest BCUT2D eigenvalue weighted by Gasteiger charge is -2.23. The first kappa shape index (κ1) is 21.9. The summed E-state index contributed by atoms with van der Waals surface area (Å²) in [7, 11) is 0. The number of hydrogen-bond donors (Lipinski definition) is 2. The summed E-state index contributed by atoms with van der Waals surface area (Å²) in [4.78, 5) is 16.5. The predicted molar refractivity (Wildman–Crippen MR) is 107 cm³/mol. The molecule has 0 aliphatic carbocycles. The molecule has 0 aliphatic heterocycles. The Morgan fingerprint density at radius 2 is 2.07 bits per heavy atom. The summed E-state index contributed by atoms with van der Waals surface area (Å²) >= 11 is 0. The van der Waals surface area contributed by atoms with Gasteiger partial charge in [-0.05, 0) is 19.4 Å². The lowest BCUT2D eigenvalue weighted by atomic mass is 10.1. The minimum atomic E-state index is -1.08. The second-order valence-electron chi connectivity index (χ2n) is 6.93. The van der Waals surface area contributed by atoms with E-state index in [1.807, 2.05) is 36.4 Å². The molecule has 1 atom stereocenters. The maximum Gasteiger partial charge on any atom is 0.255 e. The molecule has 1 aromatic carbocycles. The maximum atomic E-state index is 12.4. The van der Waals surface area contributed by atoms with Crippen LogP contribution in [-0.4, -0.2) is 37.6 Å². The van der Waals surface area contributed by atoms with Crippen molar-refractivity contribution in [3.63, 3.8) is 0 Å². The minimum absolute atomic E-state index is 0. The van der Waals surface area contributed by atoms with Crippen molar-refractivity contribution in [2.75, 3.05) is 6.61 Å². The second-order valence-corrected chi connectivity index (χ2v) is 6.93. The summed E-state index contributed by atoms with van der Waals surface area (Å²) in [6.07, 6.45) is 2.98. The Labute approximate surface area is 169 Å². The number of nitrogens with two attached hydrogens (primary N) is 1. The SMILES string of the molecule is C.CC(C)(N)C(=O)N[C@H](COCc1ccccc1)c1nnc2ncc(C#N)cn12. The van der Waals surface area contributed by atoms with Gasteiger partial charge in [0.1, 0.15) is 12.1 Å². The van der Waals surface area contributed by atoms with Crippen LogP contribution in [0.25, 0.3) is 5.78 Å². The molecule has 0 aliphatic rings. The van der Waals surface area contributed by atoms with Gasteiger partial charge in [-0.2, -0.15) is 5.26 Å². The van der Waals surface area contributed by atoms with Crippen molar-refractivity contribution in [1.82, 2.24) is 24.9 Å². The quantitative estimate of drug-likeness (QED) is 0.623. The number of rotatable bonds is 7. The third kappa shape index (κ3) is 5.34. The Morgan fingerprint density at radius 3 is 2.72 bits per heavy atom. The standard InChI is InChI=1S/C19H21N7O2.CH4/c1-19(2,21)17(27)23-15(12-28-11-13-6-4-3-5-7-13)16-24-25-18-22-9-14(8-20)10-26(16)18;/h3-7,9-10,15H,11-12,21H2,1-2H3,(H,23,27);1H4/t15-;/m1./s1. The number of nitrogens with one attached hydrogen (secondary N) is 1. The van der Waals surface area contributed by atoms with E-state index in [-0.39, 0.29) is 19.9 Å². The van der Waals surface area contributed by atoms with Gasteiger partial charge in [-0.3, -0.25) is 9.20 Å². The molecule has 0 bridgehead atoms. The number of fused-ring (bicyclic) bond motifs is 1. The number of carbonyl (C=O) groups excluding carboxylic acids is 1. The zero-order chi connectivity index (χ0) is 20.1. The van der Waals surface area contributed by atoms with Crippen molar-refractivity contribution in [3.05, 3.63) is 59.7 Å². The Hall–Kier alpha value is -3.35. The first-order chi connectivity index (χ1) is 13.4. The third-order valence-electron chi connectivity index (χ3n) is 4.02. The minimum Gasteiger partial charge on any atom is -0.374 e. The fourth-order valence-corrected chi connectivity index (χ4v) is 2.50. The summed E-state index contributed by atoms with van der Waals surface area (Å²) in [5.74, 6) is 0.371. The van der Waals surface area contributed by atoms with Gasteiger partial charge in [0, 0.05) is 6.20 Å². The molecule has 2 aromatic heterocycles. The van der Waals surface area contributed by atoms with Gasteiger partial charge in [-0.15, -0.1) is 10.2 Å². The van der Waals surface area contributed by atoms with E-state index in [4.69, 9.17) is 15.7 Å². The molecule has 9 nitrogen and oxygen atoms in total. The van der Waals surface area contributed by atoms with E-state index in [0.717, 1.165) is 5.56 Å². The molecule has 152 valence electrons. The monoisotopic (exact) mass is 395 g/mol. The van der Waals surface area contributed by atoms with Gasteiger partial charge in [0.05, 0.1) is 30.5 Å². The summed E-state index contributed by atoms with van der Waals surface area (Å²) < 4.78 is 7.37. The first-order valence-electron chi connectivity index (χ1n) is 8.71. The van der Waals surface area contributed by atoms with E-state index >= 15 is 0 Å². The Bertz CT molecular complexity index is 1000. The molecule has 29 heavy (non-hydrogen) atoms. The number of ether oxygens (including phenoxy) is 1. The highest BCUT2D eigenvalue weighted by Gasteiger charge is 2.28. The van der Waals surface area contributed by atoms with Gasteiger partial charge >= 0.3 is 0 Å². The summed E-state index contributed by atoms with van der Waals surface area (Å²) in [5.41, 5.74) is 6.19. The van der Waals surface area contributed by atoms with Crippen molar-refractivity contribution in [3.8, 4) is 6.07 Å². The second kappa shape index (κ2) is 9.23. The maximum absolute atomic E-state index is 12.4. The number of nitriles is 1. The number of nitrogens with zero attached hydrogens (tertiary/aromatic N) is 5. The van der Waals surface area contributed by atoms with Gasteiger partial charge in [0.15, 0.2) is 5.82 Å². The highest BCUT2D eigenvalue weighted by atomic mass is 16.5. The van der Waals surface area contributed by atoms with Crippen LogP contribution in [0.15, 0.2) is 42.7 Å². The zero-order valence-electron chi connectivity index (χ0n) is 15.7. The topological polar surface area (TPSA) is 131 Å². The van der Waals surface area contributed by atoms with E-state index in [0.29, 0.717) is 23.8 Å². The number of hydrogen-bond acceptors (Lipinski definition) is 7. The number of aromatic nitrogens is 4.